The number of benzene rings is 2. The maximum absolute atomic E-state index is 9.80. The largest absolute Gasteiger partial charge is 0.241 e. The number of nitrogens with zero attached hydrogens (tertiary/aromatic N) is 2. The van der Waals surface area contributed by atoms with Crippen molar-refractivity contribution in [2.75, 3.05) is 5.75 Å². The predicted molar refractivity (Wildman–Crippen MR) is 130 cm³/mol. The maximum atomic E-state index is 9.80. The minimum absolute atomic E-state index is 0.643. The van der Waals surface area contributed by atoms with Gasteiger partial charge in [-0.05, 0) is 54.9 Å². The van der Waals surface area contributed by atoms with E-state index in [1.165, 1.54) is 11.1 Å². The first-order valence-electron chi connectivity index (χ1n) is 10.2. The molecule has 0 aliphatic rings. The molecule has 150 valence electrons. The number of hydrogen-bond acceptors (Lipinski definition) is 3. The summed E-state index contributed by atoms with van der Waals surface area (Å²) in [6, 6.07) is 21.1. The van der Waals surface area contributed by atoms with E-state index in [2.05, 4.69) is 87.5 Å². The van der Waals surface area contributed by atoms with E-state index in [4.69, 9.17) is 4.98 Å². The molecule has 0 unspecified atom stereocenters. The highest BCUT2D eigenvalue weighted by atomic mass is 32.2. The number of rotatable bonds is 7. The van der Waals surface area contributed by atoms with Gasteiger partial charge in [0.05, 0.1) is 11.3 Å². The monoisotopic (exact) mass is 410 g/mol. The van der Waals surface area contributed by atoms with Crippen molar-refractivity contribution in [2.45, 2.75) is 32.2 Å². The Labute approximate surface area is 184 Å². The third kappa shape index (κ3) is 5.95. The number of nitriles is 1. The van der Waals surface area contributed by atoms with Crippen LogP contribution in [0.15, 0.2) is 59.6 Å². The Morgan fingerprint density at radius 2 is 1.43 bits per heavy atom. The fraction of sp³-hybridized carbons (Fsp3) is 0.185. The lowest BCUT2D eigenvalue weighted by molar-refractivity contribution is 1.06. The van der Waals surface area contributed by atoms with Gasteiger partial charge in [-0.2, -0.15) is 5.26 Å². The van der Waals surface area contributed by atoms with Gasteiger partial charge in [0.15, 0.2) is 0 Å². The molecule has 0 amide bonds. The second-order valence-corrected chi connectivity index (χ2v) is 8.35. The van der Waals surface area contributed by atoms with Gasteiger partial charge in [0, 0.05) is 0 Å². The zero-order chi connectivity index (χ0) is 21.3. The van der Waals surface area contributed by atoms with Crippen LogP contribution < -0.4 is 0 Å². The molecule has 2 aromatic carbocycles. The molecule has 3 rings (SSSR count). The van der Waals surface area contributed by atoms with E-state index >= 15 is 0 Å². The van der Waals surface area contributed by atoms with E-state index in [-0.39, 0.29) is 0 Å². The summed E-state index contributed by atoms with van der Waals surface area (Å²) < 4.78 is 0. The number of pyridine rings is 1. The molecule has 0 aliphatic carbocycles. The highest BCUT2D eigenvalue weighted by molar-refractivity contribution is 7.99. The normalized spacial score (nSPS) is 11.3. The summed E-state index contributed by atoms with van der Waals surface area (Å²) in [6.45, 7) is 6.30. The molecule has 0 radical (unpaired) electrons. The van der Waals surface area contributed by atoms with Gasteiger partial charge in [0.1, 0.15) is 11.1 Å². The molecule has 0 saturated carbocycles. The molecule has 1 heterocycles. The lowest BCUT2D eigenvalue weighted by atomic mass is 10.1. The summed E-state index contributed by atoms with van der Waals surface area (Å²) in [4.78, 5) is 4.76. The molecule has 2 nitrogen and oxygen atoms in total. The summed E-state index contributed by atoms with van der Waals surface area (Å²) in [5.41, 5.74) is 7.12. The minimum atomic E-state index is 0.643. The summed E-state index contributed by atoms with van der Waals surface area (Å²) in [5.74, 6) is 0.938. The minimum Gasteiger partial charge on any atom is -0.241 e. The van der Waals surface area contributed by atoms with Crippen molar-refractivity contribution in [1.82, 2.24) is 4.98 Å². The van der Waals surface area contributed by atoms with Crippen LogP contribution in [0.5, 0.6) is 0 Å². The number of aryl methyl sites for hydroxylation is 2. The summed E-state index contributed by atoms with van der Waals surface area (Å²) in [6.07, 6.45) is 9.19. The van der Waals surface area contributed by atoms with Crippen LogP contribution in [0.1, 0.15) is 52.4 Å². The van der Waals surface area contributed by atoms with Crippen molar-refractivity contribution in [3.05, 3.63) is 93.7 Å². The topological polar surface area (TPSA) is 36.7 Å². The number of thioether (sulfide) groups is 1. The SMILES string of the molecule is CCCSc1nc(/C=C/c2ccc(C)cc2)cc(/C=C\c2ccc(C)cc2)c1C#N. The van der Waals surface area contributed by atoms with E-state index in [1.54, 1.807) is 11.8 Å². The van der Waals surface area contributed by atoms with Crippen molar-refractivity contribution in [3.8, 4) is 6.07 Å². The highest BCUT2D eigenvalue weighted by Crippen LogP contribution is 2.27. The number of aromatic nitrogens is 1. The molecule has 3 heteroatoms. The lowest BCUT2D eigenvalue weighted by Gasteiger charge is -2.08. The first-order chi connectivity index (χ1) is 14.6. The van der Waals surface area contributed by atoms with Crippen LogP contribution in [-0.4, -0.2) is 10.7 Å². The Kier molecular flexibility index (Phi) is 7.65. The number of hydrogen-bond donors (Lipinski definition) is 0. The molecule has 0 bridgehead atoms. The third-order valence-electron chi connectivity index (χ3n) is 4.65. The second kappa shape index (κ2) is 10.6. The molecule has 0 N–H and O–H groups in total. The maximum Gasteiger partial charge on any atom is 0.115 e. The van der Waals surface area contributed by atoms with Crippen molar-refractivity contribution >= 4 is 36.1 Å². The predicted octanol–water partition coefficient (Wildman–Crippen LogP) is 7.41. The Hall–Kier alpha value is -3.09. The van der Waals surface area contributed by atoms with Crippen molar-refractivity contribution in [3.63, 3.8) is 0 Å². The molecular formula is C27H26N2S. The fourth-order valence-electron chi connectivity index (χ4n) is 2.92. The van der Waals surface area contributed by atoms with Gasteiger partial charge in [-0.15, -0.1) is 11.8 Å². The van der Waals surface area contributed by atoms with E-state index < -0.39 is 0 Å². The zero-order valence-electron chi connectivity index (χ0n) is 17.7. The average molecular weight is 411 g/mol. The van der Waals surface area contributed by atoms with Crippen molar-refractivity contribution in [2.24, 2.45) is 0 Å². The van der Waals surface area contributed by atoms with Gasteiger partial charge in [0.25, 0.3) is 0 Å². The first-order valence-corrected chi connectivity index (χ1v) is 11.1. The molecule has 0 saturated heterocycles. The van der Waals surface area contributed by atoms with Crippen LogP contribution in [0.2, 0.25) is 0 Å². The average Bonchev–Trinajstić information content (AvgIpc) is 2.76. The van der Waals surface area contributed by atoms with Gasteiger partial charge in [-0.1, -0.05) is 84.8 Å². The van der Waals surface area contributed by atoms with Crippen LogP contribution >= 0.6 is 11.8 Å². The van der Waals surface area contributed by atoms with Crippen molar-refractivity contribution < 1.29 is 0 Å². The van der Waals surface area contributed by atoms with Gasteiger partial charge < -0.3 is 0 Å². The van der Waals surface area contributed by atoms with Crippen LogP contribution in [0.4, 0.5) is 0 Å². The Morgan fingerprint density at radius 3 is 1.97 bits per heavy atom. The molecule has 30 heavy (non-hydrogen) atoms. The summed E-state index contributed by atoms with van der Waals surface area (Å²) in [5, 5.41) is 10.6. The molecule has 3 aromatic rings. The van der Waals surface area contributed by atoms with E-state index in [1.807, 2.05) is 18.2 Å². The standard InChI is InChI=1S/C27H26N2S/c1-4-17-30-27-26(19-28)24(15-13-22-9-5-20(2)6-10-22)18-25(29-27)16-14-23-11-7-21(3)8-12-23/h5-16,18H,4,17H2,1-3H3/b15-13-,16-14+. The van der Waals surface area contributed by atoms with Crippen molar-refractivity contribution in [1.29, 1.82) is 5.26 Å². The molecule has 1 aromatic heterocycles. The Balaban J connectivity index is 1.98. The van der Waals surface area contributed by atoms with E-state index in [0.29, 0.717) is 5.56 Å². The molecular weight excluding hydrogens is 384 g/mol. The first kappa shape index (κ1) is 21.6. The molecule has 0 fully saturated rings. The molecule has 0 spiro atoms. The fourth-order valence-corrected chi connectivity index (χ4v) is 3.79. The van der Waals surface area contributed by atoms with Crippen LogP contribution in [0, 0.1) is 25.2 Å². The smallest absolute Gasteiger partial charge is 0.115 e. The summed E-state index contributed by atoms with van der Waals surface area (Å²) in [7, 11) is 0. The Bertz CT molecular complexity index is 1090. The zero-order valence-corrected chi connectivity index (χ0v) is 18.5. The third-order valence-corrected chi connectivity index (χ3v) is 5.83. The molecule has 0 atom stereocenters. The summed E-state index contributed by atoms with van der Waals surface area (Å²) >= 11 is 1.65. The van der Waals surface area contributed by atoms with Gasteiger partial charge in [0.2, 0.25) is 0 Å². The van der Waals surface area contributed by atoms with Crippen LogP contribution in [-0.2, 0) is 0 Å². The quantitative estimate of drug-likeness (QED) is 0.380. The van der Waals surface area contributed by atoms with E-state index in [9.17, 15) is 5.26 Å². The van der Waals surface area contributed by atoms with Crippen LogP contribution in [0.25, 0.3) is 24.3 Å². The van der Waals surface area contributed by atoms with Crippen LogP contribution in [0.3, 0.4) is 0 Å². The molecule has 0 aliphatic heterocycles. The highest BCUT2D eigenvalue weighted by Gasteiger charge is 2.10. The van der Waals surface area contributed by atoms with Gasteiger partial charge in [-0.3, -0.25) is 0 Å². The van der Waals surface area contributed by atoms with Gasteiger partial charge >= 0.3 is 0 Å². The second-order valence-electron chi connectivity index (χ2n) is 7.26. The Morgan fingerprint density at radius 1 is 0.867 bits per heavy atom. The lowest BCUT2D eigenvalue weighted by Crippen LogP contribution is -1.95. The van der Waals surface area contributed by atoms with Gasteiger partial charge in [-0.25, -0.2) is 4.98 Å². The van der Waals surface area contributed by atoms with E-state index in [0.717, 1.165) is 39.6 Å².